The predicted octanol–water partition coefficient (Wildman–Crippen LogP) is 5.54. The molecule has 3 aromatic rings. The number of aryl methyl sites for hydroxylation is 2. The third-order valence-corrected chi connectivity index (χ3v) is 6.07. The highest BCUT2D eigenvalue weighted by molar-refractivity contribution is 7.93. The van der Waals surface area contributed by atoms with Gasteiger partial charge in [0.15, 0.2) is 5.11 Å². The fourth-order valence-corrected chi connectivity index (χ4v) is 4.34. The molecule has 3 nitrogen and oxygen atoms in total. The quantitative estimate of drug-likeness (QED) is 0.514. The van der Waals surface area contributed by atoms with Gasteiger partial charge in [0, 0.05) is 11.9 Å². The Labute approximate surface area is 180 Å². The number of hydrogen-bond donors (Lipinski definition) is 2. The number of rotatable bonds is 6. The van der Waals surface area contributed by atoms with Gasteiger partial charge in [0.05, 0.1) is 21.5 Å². The lowest BCUT2D eigenvalue weighted by atomic mass is 10.1. The number of hydrogen-bond acceptors (Lipinski definition) is 2. The molecule has 5 heteroatoms. The van der Waals surface area contributed by atoms with E-state index in [-0.39, 0.29) is 0 Å². The summed E-state index contributed by atoms with van der Waals surface area (Å²) in [5.74, 6) is 0.445. The van der Waals surface area contributed by atoms with Gasteiger partial charge in [0.25, 0.3) is 0 Å². The first-order valence-corrected chi connectivity index (χ1v) is 11.1. The second-order valence-electron chi connectivity index (χ2n) is 6.77. The van der Waals surface area contributed by atoms with Gasteiger partial charge in [-0.25, -0.2) is 0 Å². The van der Waals surface area contributed by atoms with Crippen LogP contribution in [0.25, 0.3) is 4.91 Å². The van der Waals surface area contributed by atoms with Gasteiger partial charge in [0.2, 0.25) is 0 Å². The topological polar surface area (TPSA) is 41.1 Å². The van der Waals surface area contributed by atoms with Crippen LogP contribution in [0.4, 0.5) is 5.69 Å². The number of benzene rings is 3. The molecule has 0 unspecified atom stereocenters. The summed E-state index contributed by atoms with van der Waals surface area (Å²) in [5.41, 5.74) is 5.21. The Morgan fingerprint density at radius 3 is 2.28 bits per heavy atom. The molecular formula is C24H24N2OS2. The lowest BCUT2D eigenvalue weighted by Crippen LogP contribution is -2.24. The lowest BCUT2D eigenvalue weighted by Gasteiger charge is -2.13. The standard InChI is InChI=1S/C24H24N2OS2/c1-18-13-14-22(19(2)15-18)26-24(28)25-16-23(21-11-7-4-8-12-21)29(27)17-20-9-5-3-6-10-20/h3-16H,17H2,1-2H3,(H2,25,26,28)/b23-16-/t29-/m1/s1. The van der Waals surface area contributed by atoms with Crippen molar-refractivity contribution < 1.29 is 4.21 Å². The van der Waals surface area contributed by atoms with E-state index >= 15 is 0 Å². The molecule has 2 N–H and O–H groups in total. The minimum atomic E-state index is -1.22. The molecular weight excluding hydrogens is 396 g/mol. The monoisotopic (exact) mass is 420 g/mol. The maximum atomic E-state index is 13.1. The van der Waals surface area contributed by atoms with Gasteiger partial charge in [-0.15, -0.1) is 0 Å². The molecule has 0 heterocycles. The van der Waals surface area contributed by atoms with E-state index in [2.05, 4.69) is 23.6 Å². The summed E-state index contributed by atoms with van der Waals surface area (Å²) < 4.78 is 13.1. The Morgan fingerprint density at radius 2 is 1.62 bits per heavy atom. The third kappa shape index (κ3) is 6.11. The van der Waals surface area contributed by atoms with Gasteiger partial charge in [-0.1, -0.05) is 78.4 Å². The SMILES string of the molecule is Cc1ccc(NC(=S)N/C=C(/c2ccccc2)[S@](=O)Cc2ccccc2)c(C)c1. The van der Waals surface area contributed by atoms with Crippen LogP contribution >= 0.6 is 12.2 Å². The summed E-state index contributed by atoms with van der Waals surface area (Å²) in [6.45, 7) is 4.10. The fourth-order valence-electron chi connectivity index (χ4n) is 2.93. The van der Waals surface area contributed by atoms with Crippen molar-refractivity contribution in [1.29, 1.82) is 0 Å². The van der Waals surface area contributed by atoms with Gasteiger partial charge < -0.3 is 10.6 Å². The van der Waals surface area contributed by atoms with E-state index in [0.29, 0.717) is 15.8 Å². The maximum absolute atomic E-state index is 13.1. The summed E-state index contributed by atoms with van der Waals surface area (Å²) in [7, 11) is -1.22. The molecule has 0 aliphatic carbocycles. The fraction of sp³-hybridized carbons (Fsp3) is 0.125. The Bertz CT molecular complexity index is 1030. The molecule has 0 aliphatic heterocycles. The molecule has 0 spiro atoms. The highest BCUT2D eigenvalue weighted by Crippen LogP contribution is 2.21. The number of nitrogens with one attached hydrogen (secondary N) is 2. The van der Waals surface area contributed by atoms with Gasteiger partial charge >= 0.3 is 0 Å². The van der Waals surface area contributed by atoms with Gasteiger partial charge in [-0.3, -0.25) is 4.21 Å². The summed E-state index contributed by atoms with van der Waals surface area (Å²) in [6, 6.07) is 25.7. The first-order valence-electron chi connectivity index (χ1n) is 9.35. The van der Waals surface area contributed by atoms with Crippen LogP contribution in [0, 0.1) is 13.8 Å². The Hall–Kier alpha value is -2.76. The second kappa shape index (κ2) is 10.1. The van der Waals surface area contributed by atoms with Gasteiger partial charge in [0.1, 0.15) is 0 Å². The van der Waals surface area contributed by atoms with Crippen LogP contribution in [0.5, 0.6) is 0 Å². The molecule has 0 aromatic heterocycles. The molecule has 3 rings (SSSR count). The van der Waals surface area contributed by atoms with E-state index in [4.69, 9.17) is 12.2 Å². The zero-order valence-electron chi connectivity index (χ0n) is 16.5. The molecule has 29 heavy (non-hydrogen) atoms. The normalized spacial score (nSPS) is 12.3. The van der Waals surface area contributed by atoms with Crippen molar-refractivity contribution in [2.24, 2.45) is 0 Å². The highest BCUT2D eigenvalue weighted by Gasteiger charge is 2.12. The summed E-state index contributed by atoms with van der Waals surface area (Å²) >= 11 is 5.45. The Morgan fingerprint density at radius 1 is 0.966 bits per heavy atom. The number of thiocarbonyl (C=S) groups is 1. The van der Waals surface area contributed by atoms with Crippen LogP contribution in [0.3, 0.4) is 0 Å². The van der Waals surface area contributed by atoms with Crippen molar-refractivity contribution in [2.75, 3.05) is 5.32 Å². The van der Waals surface area contributed by atoms with Crippen molar-refractivity contribution in [2.45, 2.75) is 19.6 Å². The summed E-state index contributed by atoms with van der Waals surface area (Å²) in [5, 5.41) is 6.77. The van der Waals surface area contributed by atoms with E-state index in [0.717, 1.165) is 22.4 Å². The first kappa shape index (κ1) is 21.0. The molecule has 0 radical (unpaired) electrons. The predicted molar refractivity (Wildman–Crippen MR) is 128 cm³/mol. The minimum absolute atomic E-state index is 0.445. The minimum Gasteiger partial charge on any atom is -0.338 e. The first-order chi connectivity index (χ1) is 14.0. The van der Waals surface area contributed by atoms with Crippen molar-refractivity contribution in [3.05, 3.63) is 107 Å². The number of anilines is 1. The van der Waals surface area contributed by atoms with Crippen molar-refractivity contribution >= 4 is 38.7 Å². The van der Waals surface area contributed by atoms with E-state index in [1.165, 1.54) is 5.56 Å². The molecule has 148 valence electrons. The highest BCUT2D eigenvalue weighted by atomic mass is 32.2. The van der Waals surface area contributed by atoms with Crippen LogP contribution in [-0.2, 0) is 16.6 Å². The Balaban J connectivity index is 1.77. The lowest BCUT2D eigenvalue weighted by molar-refractivity contribution is 0.688. The average Bonchev–Trinajstić information content (AvgIpc) is 2.72. The van der Waals surface area contributed by atoms with Crippen LogP contribution in [-0.4, -0.2) is 9.32 Å². The second-order valence-corrected chi connectivity index (χ2v) is 8.59. The smallest absolute Gasteiger partial charge is 0.174 e. The molecule has 0 fully saturated rings. The van der Waals surface area contributed by atoms with E-state index in [9.17, 15) is 4.21 Å². The molecule has 0 aliphatic rings. The average molecular weight is 421 g/mol. The zero-order valence-corrected chi connectivity index (χ0v) is 18.1. The molecule has 0 amide bonds. The van der Waals surface area contributed by atoms with Gasteiger partial charge in [-0.2, -0.15) is 0 Å². The van der Waals surface area contributed by atoms with E-state index in [1.807, 2.05) is 79.7 Å². The van der Waals surface area contributed by atoms with Gasteiger partial charge in [-0.05, 0) is 48.8 Å². The van der Waals surface area contributed by atoms with E-state index < -0.39 is 10.8 Å². The molecule has 1 atom stereocenters. The Kier molecular flexibility index (Phi) is 7.33. The van der Waals surface area contributed by atoms with E-state index in [1.54, 1.807) is 6.20 Å². The summed E-state index contributed by atoms with van der Waals surface area (Å²) in [6.07, 6.45) is 1.74. The van der Waals surface area contributed by atoms with Crippen molar-refractivity contribution in [3.8, 4) is 0 Å². The van der Waals surface area contributed by atoms with Crippen LogP contribution < -0.4 is 10.6 Å². The third-order valence-electron chi connectivity index (χ3n) is 4.41. The van der Waals surface area contributed by atoms with Crippen molar-refractivity contribution in [3.63, 3.8) is 0 Å². The van der Waals surface area contributed by atoms with Crippen LogP contribution in [0.2, 0.25) is 0 Å². The largest absolute Gasteiger partial charge is 0.338 e. The molecule has 0 saturated heterocycles. The van der Waals surface area contributed by atoms with Crippen LogP contribution in [0.15, 0.2) is 85.1 Å². The molecule has 0 saturated carbocycles. The maximum Gasteiger partial charge on any atom is 0.174 e. The van der Waals surface area contributed by atoms with Crippen LogP contribution in [0.1, 0.15) is 22.3 Å². The molecule has 3 aromatic carbocycles. The molecule has 0 bridgehead atoms. The summed E-state index contributed by atoms with van der Waals surface area (Å²) in [4.78, 5) is 0.708. The van der Waals surface area contributed by atoms with Crippen molar-refractivity contribution in [1.82, 2.24) is 5.32 Å². The zero-order chi connectivity index (χ0) is 20.6.